The van der Waals surface area contributed by atoms with Gasteiger partial charge in [0, 0.05) is 36.0 Å². The second kappa shape index (κ2) is 9.15. The molecular weight excluding hydrogens is 424 g/mol. The number of nitrogens with zero attached hydrogens (tertiary/aromatic N) is 4. The first-order valence-electron chi connectivity index (χ1n) is 9.84. The predicted octanol–water partition coefficient (Wildman–Crippen LogP) is 4.98. The van der Waals surface area contributed by atoms with Crippen molar-refractivity contribution in [3.63, 3.8) is 0 Å². The normalized spacial score (nSPS) is 10.9. The number of hydrogen-bond donors (Lipinski definition) is 1. The molecule has 164 valence electrons. The number of aromatic nitrogens is 1. The average Bonchev–Trinajstić information content (AvgIpc) is 3.23. The van der Waals surface area contributed by atoms with Crippen molar-refractivity contribution in [2.24, 2.45) is 4.99 Å². The number of benzene rings is 3. The third-order valence-corrected chi connectivity index (χ3v) is 4.86. The van der Waals surface area contributed by atoms with Crippen LogP contribution in [0.25, 0.3) is 11.5 Å². The number of aliphatic imine (C=N–C) groups is 1. The first-order chi connectivity index (χ1) is 15.9. The molecule has 1 N–H and O–H groups in total. The van der Waals surface area contributed by atoms with Crippen LogP contribution in [0, 0.1) is 10.1 Å². The smallest absolute Gasteiger partial charge is 0.312 e. The summed E-state index contributed by atoms with van der Waals surface area (Å²) < 4.78 is 5.24. The molecule has 0 fully saturated rings. The Bertz CT molecular complexity index is 1310. The summed E-state index contributed by atoms with van der Waals surface area (Å²) in [6.07, 6.45) is 1.33. The second-order valence-corrected chi connectivity index (χ2v) is 7.02. The van der Waals surface area contributed by atoms with E-state index in [1.807, 2.05) is 30.3 Å². The number of non-ortho nitro benzene ring substituents is 1. The molecule has 0 aliphatic carbocycles. The Morgan fingerprint density at radius 3 is 2.36 bits per heavy atom. The van der Waals surface area contributed by atoms with E-state index in [2.05, 4.69) is 9.98 Å². The van der Waals surface area contributed by atoms with Crippen LogP contribution in [-0.2, 0) is 0 Å². The van der Waals surface area contributed by atoms with Gasteiger partial charge in [-0.3, -0.25) is 19.9 Å². The third kappa shape index (κ3) is 4.77. The van der Waals surface area contributed by atoms with E-state index < -0.39 is 10.9 Å². The molecule has 3 aromatic carbocycles. The molecule has 0 unspecified atom stereocenters. The molecule has 0 saturated heterocycles. The lowest BCUT2D eigenvalue weighted by Gasteiger charge is -2.17. The summed E-state index contributed by atoms with van der Waals surface area (Å²) in [6, 6.07) is 21.6. The van der Waals surface area contributed by atoms with Gasteiger partial charge in [-0.1, -0.05) is 18.2 Å². The van der Waals surface area contributed by atoms with E-state index in [0.717, 1.165) is 5.69 Å². The molecule has 1 heterocycles. The lowest BCUT2D eigenvalue weighted by molar-refractivity contribution is -0.384. The monoisotopic (exact) mass is 442 g/mol. The number of hydrogen-bond acceptors (Lipinski definition) is 7. The van der Waals surface area contributed by atoms with Gasteiger partial charge in [0.1, 0.15) is 0 Å². The Morgan fingerprint density at radius 1 is 1.06 bits per heavy atom. The maximum Gasteiger partial charge on any atom is 0.312 e. The van der Waals surface area contributed by atoms with Gasteiger partial charge in [0.15, 0.2) is 5.69 Å². The molecule has 1 aromatic heterocycles. The SMILES string of the molecule is CN(C(=O)c1ccc(N=Cc2nc(-c3ccc([N+](=O)[O-])cc3)oc2O)cc1)c1ccccc1. The fraction of sp³-hybridized carbons (Fsp3) is 0.0417. The molecule has 0 aliphatic heterocycles. The molecule has 0 aliphatic rings. The van der Waals surface area contributed by atoms with Crippen molar-refractivity contribution in [2.45, 2.75) is 0 Å². The lowest BCUT2D eigenvalue weighted by atomic mass is 10.1. The number of amides is 1. The van der Waals surface area contributed by atoms with E-state index in [4.69, 9.17) is 4.42 Å². The Balaban J connectivity index is 1.47. The molecule has 9 nitrogen and oxygen atoms in total. The lowest BCUT2D eigenvalue weighted by Crippen LogP contribution is -2.25. The van der Waals surface area contributed by atoms with Gasteiger partial charge in [-0.2, -0.15) is 0 Å². The summed E-state index contributed by atoms with van der Waals surface area (Å²) in [5.74, 6) is -0.476. The van der Waals surface area contributed by atoms with Crippen LogP contribution in [0.4, 0.5) is 17.1 Å². The van der Waals surface area contributed by atoms with Gasteiger partial charge in [0.25, 0.3) is 11.6 Å². The number of aromatic hydroxyl groups is 1. The number of rotatable bonds is 6. The molecule has 0 saturated carbocycles. The van der Waals surface area contributed by atoms with E-state index in [1.165, 1.54) is 30.5 Å². The van der Waals surface area contributed by atoms with Crippen molar-refractivity contribution in [3.8, 4) is 17.4 Å². The molecule has 9 heteroatoms. The van der Waals surface area contributed by atoms with E-state index >= 15 is 0 Å². The molecule has 0 spiro atoms. The number of anilines is 1. The highest BCUT2D eigenvalue weighted by atomic mass is 16.6. The highest BCUT2D eigenvalue weighted by Crippen LogP contribution is 2.27. The highest BCUT2D eigenvalue weighted by molar-refractivity contribution is 6.05. The number of carbonyl (C=O) groups excluding carboxylic acids is 1. The van der Waals surface area contributed by atoms with Crippen LogP contribution in [0.1, 0.15) is 16.1 Å². The molecule has 0 radical (unpaired) electrons. The highest BCUT2D eigenvalue weighted by Gasteiger charge is 2.15. The first kappa shape index (κ1) is 21.4. The van der Waals surface area contributed by atoms with Gasteiger partial charge in [0.05, 0.1) is 16.8 Å². The van der Waals surface area contributed by atoms with Crippen molar-refractivity contribution in [3.05, 3.63) is 100 Å². The Labute approximate surface area is 188 Å². The number of oxazole rings is 1. The van der Waals surface area contributed by atoms with Crippen molar-refractivity contribution in [1.82, 2.24) is 4.98 Å². The van der Waals surface area contributed by atoms with Crippen molar-refractivity contribution < 1.29 is 19.2 Å². The zero-order chi connectivity index (χ0) is 23.4. The van der Waals surface area contributed by atoms with Crippen LogP contribution in [-0.4, -0.2) is 34.2 Å². The Kier molecular flexibility index (Phi) is 5.94. The molecule has 33 heavy (non-hydrogen) atoms. The van der Waals surface area contributed by atoms with Crippen LogP contribution in [0.15, 0.2) is 88.3 Å². The maximum atomic E-state index is 12.7. The summed E-state index contributed by atoms with van der Waals surface area (Å²) in [7, 11) is 1.71. The van der Waals surface area contributed by atoms with Gasteiger partial charge in [0.2, 0.25) is 5.89 Å². The minimum absolute atomic E-state index is 0.0618. The zero-order valence-electron chi connectivity index (χ0n) is 17.5. The summed E-state index contributed by atoms with van der Waals surface area (Å²) >= 11 is 0. The second-order valence-electron chi connectivity index (χ2n) is 7.02. The van der Waals surface area contributed by atoms with Gasteiger partial charge >= 0.3 is 5.95 Å². The van der Waals surface area contributed by atoms with Gasteiger partial charge < -0.3 is 14.4 Å². The molecule has 1 amide bonds. The molecule has 4 aromatic rings. The molecule has 0 bridgehead atoms. The first-order valence-corrected chi connectivity index (χ1v) is 9.84. The summed E-state index contributed by atoms with van der Waals surface area (Å²) in [6.45, 7) is 0. The van der Waals surface area contributed by atoms with Crippen molar-refractivity contribution in [1.29, 1.82) is 0 Å². The number of nitro benzene ring substituents is 1. The fourth-order valence-corrected chi connectivity index (χ4v) is 3.05. The number of nitro groups is 1. The van der Waals surface area contributed by atoms with E-state index in [1.54, 1.807) is 36.2 Å². The topological polar surface area (TPSA) is 122 Å². The van der Waals surface area contributed by atoms with E-state index in [-0.39, 0.29) is 23.2 Å². The molecular formula is C24H18N4O5. The summed E-state index contributed by atoms with van der Waals surface area (Å²) in [5, 5.41) is 20.8. The quantitative estimate of drug-likeness (QED) is 0.255. The largest absolute Gasteiger partial charge is 0.479 e. The van der Waals surface area contributed by atoms with Gasteiger partial charge in [-0.05, 0) is 48.5 Å². The summed E-state index contributed by atoms with van der Waals surface area (Å²) in [5.41, 5.74) is 2.36. The number of para-hydroxylation sites is 1. The minimum Gasteiger partial charge on any atom is -0.479 e. The number of carbonyl (C=O) groups is 1. The van der Waals surface area contributed by atoms with Crippen LogP contribution in [0.3, 0.4) is 0 Å². The Hall–Kier alpha value is -4.79. The Morgan fingerprint density at radius 2 is 1.73 bits per heavy atom. The van der Waals surface area contributed by atoms with Gasteiger partial charge in [-0.25, -0.2) is 4.98 Å². The fourth-order valence-electron chi connectivity index (χ4n) is 3.05. The predicted molar refractivity (Wildman–Crippen MR) is 123 cm³/mol. The van der Waals surface area contributed by atoms with Crippen molar-refractivity contribution >= 4 is 29.2 Å². The standard InChI is InChI=1S/C24H18N4O5/c1-27(19-5-3-2-4-6-19)23(29)17-7-11-18(12-8-17)25-15-21-24(30)33-22(26-21)16-9-13-20(14-10-16)28(31)32/h2-15,30H,1H3. The van der Waals surface area contributed by atoms with E-state index in [9.17, 15) is 20.0 Å². The molecule has 4 rings (SSSR count). The average molecular weight is 442 g/mol. The van der Waals surface area contributed by atoms with Crippen LogP contribution in [0.5, 0.6) is 5.95 Å². The molecule has 0 atom stereocenters. The maximum absolute atomic E-state index is 12.7. The van der Waals surface area contributed by atoms with E-state index in [0.29, 0.717) is 16.8 Å². The van der Waals surface area contributed by atoms with Gasteiger partial charge in [-0.15, -0.1) is 0 Å². The summed E-state index contributed by atoms with van der Waals surface area (Å²) in [4.78, 5) is 32.9. The minimum atomic E-state index is -0.507. The van der Waals surface area contributed by atoms with Crippen LogP contribution < -0.4 is 4.90 Å². The van der Waals surface area contributed by atoms with Crippen LogP contribution >= 0.6 is 0 Å². The third-order valence-electron chi connectivity index (χ3n) is 4.86. The van der Waals surface area contributed by atoms with Crippen LogP contribution in [0.2, 0.25) is 0 Å². The zero-order valence-corrected chi connectivity index (χ0v) is 17.5. The van der Waals surface area contributed by atoms with Crippen molar-refractivity contribution in [2.75, 3.05) is 11.9 Å².